The molecule has 1 aromatic carbocycles. The third kappa shape index (κ3) is 1.78. The summed E-state index contributed by atoms with van der Waals surface area (Å²) in [5.41, 5.74) is 2.88. The Morgan fingerprint density at radius 2 is 2.06 bits per heavy atom. The van der Waals surface area contributed by atoms with Crippen LogP contribution in [0.2, 0.25) is 5.02 Å². The molecule has 0 N–H and O–H groups in total. The van der Waals surface area contributed by atoms with Crippen LogP contribution in [0.15, 0.2) is 42.6 Å². The summed E-state index contributed by atoms with van der Waals surface area (Å²) < 4.78 is 1.69. The average Bonchev–Trinajstić information content (AvgIpc) is 2.74. The highest BCUT2D eigenvalue weighted by molar-refractivity contribution is 6.33. The van der Waals surface area contributed by atoms with E-state index in [1.165, 1.54) is 5.56 Å². The molecule has 0 atom stereocenters. The summed E-state index contributed by atoms with van der Waals surface area (Å²) in [5, 5.41) is 5.02. The van der Waals surface area contributed by atoms with Crippen LogP contribution < -0.4 is 0 Å². The molecule has 0 spiro atoms. The van der Waals surface area contributed by atoms with E-state index in [0.717, 1.165) is 5.56 Å². The van der Waals surface area contributed by atoms with Crippen LogP contribution in [0.25, 0.3) is 17.0 Å². The fourth-order valence-electron chi connectivity index (χ4n) is 1.78. The van der Waals surface area contributed by atoms with Gasteiger partial charge in [0.1, 0.15) is 0 Å². The lowest BCUT2D eigenvalue weighted by atomic mass is 10.1. The maximum Gasteiger partial charge on any atom is 0.182 e. The quantitative estimate of drug-likeness (QED) is 0.656. The smallest absolute Gasteiger partial charge is 0.182 e. The van der Waals surface area contributed by atoms with Crippen molar-refractivity contribution in [2.24, 2.45) is 0 Å². The largest absolute Gasteiger partial charge is 0.219 e. The van der Waals surface area contributed by atoms with Crippen molar-refractivity contribution in [2.75, 3.05) is 0 Å². The summed E-state index contributed by atoms with van der Waals surface area (Å²) in [4.78, 5) is 4.44. The van der Waals surface area contributed by atoms with Crippen LogP contribution in [0.3, 0.4) is 0 Å². The van der Waals surface area contributed by atoms with Crippen LogP contribution in [-0.2, 0) is 0 Å². The molecule has 2 aromatic heterocycles. The van der Waals surface area contributed by atoms with E-state index in [9.17, 15) is 0 Å². The standard InChI is InChI=1S/C13H10ClN3/c1-9-4-2-5-10(8-9)12-15-13-11(14)6-3-7-17(13)16-12/h2-8H,1H3. The zero-order valence-corrected chi connectivity index (χ0v) is 10.0. The van der Waals surface area contributed by atoms with Gasteiger partial charge in [0.15, 0.2) is 11.5 Å². The third-order valence-electron chi connectivity index (χ3n) is 2.59. The molecule has 0 saturated heterocycles. The number of aromatic nitrogens is 3. The van der Waals surface area contributed by atoms with Crippen molar-refractivity contribution in [3.63, 3.8) is 0 Å². The Morgan fingerprint density at radius 3 is 2.82 bits per heavy atom. The molecule has 2 heterocycles. The van der Waals surface area contributed by atoms with Gasteiger partial charge in [0, 0.05) is 11.8 Å². The SMILES string of the molecule is Cc1cccc(-c2nc3c(Cl)cccn3n2)c1. The monoisotopic (exact) mass is 243 g/mol. The minimum absolute atomic E-state index is 0.610. The number of nitrogens with zero attached hydrogens (tertiary/aromatic N) is 3. The number of hydrogen-bond acceptors (Lipinski definition) is 2. The summed E-state index contributed by atoms with van der Waals surface area (Å²) in [5.74, 6) is 0.696. The maximum atomic E-state index is 6.07. The van der Waals surface area contributed by atoms with Crippen LogP contribution >= 0.6 is 11.6 Å². The molecular weight excluding hydrogens is 234 g/mol. The molecule has 0 unspecified atom stereocenters. The lowest BCUT2D eigenvalue weighted by Crippen LogP contribution is -1.86. The van der Waals surface area contributed by atoms with E-state index in [-0.39, 0.29) is 0 Å². The highest BCUT2D eigenvalue weighted by Crippen LogP contribution is 2.20. The van der Waals surface area contributed by atoms with Crippen molar-refractivity contribution in [1.29, 1.82) is 0 Å². The Kier molecular flexibility index (Phi) is 2.34. The average molecular weight is 244 g/mol. The predicted octanol–water partition coefficient (Wildman–Crippen LogP) is 3.36. The van der Waals surface area contributed by atoms with E-state index >= 15 is 0 Å². The number of pyridine rings is 1. The minimum atomic E-state index is 0.610. The summed E-state index contributed by atoms with van der Waals surface area (Å²) in [6, 6.07) is 11.8. The first-order valence-corrected chi connectivity index (χ1v) is 5.70. The molecule has 0 aliphatic heterocycles. The first-order valence-electron chi connectivity index (χ1n) is 5.32. The lowest BCUT2D eigenvalue weighted by molar-refractivity contribution is 0.966. The van der Waals surface area contributed by atoms with E-state index in [4.69, 9.17) is 11.6 Å². The zero-order chi connectivity index (χ0) is 11.8. The molecule has 3 nitrogen and oxygen atoms in total. The van der Waals surface area contributed by atoms with E-state index in [0.29, 0.717) is 16.5 Å². The molecule has 84 valence electrons. The first kappa shape index (κ1) is 10.3. The van der Waals surface area contributed by atoms with Gasteiger partial charge in [-0.25, -0.2) is 9.50 Å². The second kappa shape index (κ2) is 3.86. The van der Waals surface area contributed by atoms with Crippen LogP contribution in [0, 0.1) is 6.92 Å². The Morgan fingerprint density at radius 1 is 1.18 bits per heavy atom. The van der Waals surface area contributed by atoms with Gasteiger partial charge in [0.2, 0.25) is 0 Å². The zero-order valence-electron chi connectivity index (χ0n) is 9.26. The van der Waals surface area contributed by atoms with Gasteiger partial charge in [-0.05, 0) is 25.1 Å². The summed E-state index contributed by atoms with van der Waals surface area (Å²) in [6.45, 7) is 2.05. The number of aryl methyl sites for hydroxylation is 1. The van der Waals surface area contributed by atoms with Gasteiger partial charge in [-0.2, -0.15) is 0 Å². The number of hydrogen-bond donors (Lipinski definition) is 0. The fraction of sp³-hybridized carbons (Fsp3) is 0.0769. The molecule has 0 radical (unpaired) electrons. The molecule has 4 heteroatoms. The molecule has 3 rings (SSSR count). The van der Waals surface area contributed by atoms with Gasteiger partial charge in [-0.1, -0.05) is 35.4 Å². The van der Waals surface area contributed by atoms with Crippen molar-refractivity contribution in [3.8, 4) is 11.4 Å². The summed E-state index contributed by atoms with van der Waals surface area (Å²) in [7, 11) is 0. The second-order valence-electron chi connectivity index (χ2n) is 3.93. The van der Waals surface area contributed by atoms with Gasteiger partial charge in [0.05, 0.1) is 5.02 Å². The molecule has 17 heavy (non-hydrogen) atoms. The maximum absolute atomic E-state index is 6.07. The number of benzene rings is 1. The Hall–Kier alpha value is -1.87. The predicted molar refractivity (Wildman–Crippen MR) is 68.2 cm³/mol. The summed E-state index contributed by atoms with van der Waals surface area (Å²) >= 11 is 6.07. The second-order valence-corrected chi connectivity index (χ2v) is 4.34. The van der Waals surface area contributed by atoms with Crippen molar-refractivity contribution < 1.29 is 0 Å². The van der Waals surface area contributed by atoms with Crippen LogP contribution in [-0.4, -0.2) is 14.6 Å². The Bertz CT molecular complexity index is 688. The lowest BCUT2D eigenvalue weighted by Gasteiger charge is -1.95. The van der Waals surface area contributed by atoms with E-state index in [1.54, 1.807) is 4.52 Å². The minimum Gasteiger partial charge on any atom is -0.219 e. The van der Waals surface area contributed by atoms with Crippen molar-refractivity contribution in [2.45, 2.75) is 6.92 Å². The van der Waals surface area contributed by atoms with Gasteiger partial charge in [-0.15, -0.1) is 5.10 Å². The Labute approximate surface area is 104 Å². The van der Waals surface area contributed by atoms with Gasteiger partial charge in [0.25, 0.3) is 0 Å². The van der Waals surface area contributed by atoms with E-state index in [2.05, 4.69) is 16.1 Å². The topological polar surface area (TPSA) is 30.2 Å². The Balaban J connectivity index is 2.22. The molecule has 0 fully saturated rings. The number of halogens is 1. The van der Waals surface area contributed by atoms with Gasteiger partial charge < -0.3 is 0 Å². The highest BCUT2D eigenvalue weighted by Gasteiger charge is 2.08. The van der Waals surface area contributed by atoms with E-state index in [1.807, 2.05) is 43.5 Å². The number of rotatable bonds is 1. The van der Waals surface area contributed by atoms with Crippen LogP contribution in [0.5, 0.6) is 0 Å². The molecule has 0 saturated carbocycles. The molecule has 0 bridgehead atoms. The van der Waals surface area contributed by atoms with E-state index < -0.39 is 0 Å². The molecule has 0 amide bonds. The highest BCUT2D eigenvalue weighted by atomic mass is 35.5. The number of fused-ring (bicyclic) bond motifs is 1. The van der Waals surface area contributed by atoms with Gasteiger partial charge >= 0.3 is 0 Å². The van der Waals surface area contributed by atoms with Gasteiger partial charge in [-0.3, -0.25) is 0 Å². The summed E-state index contributed by atoms with van der Waals surface area (Å²) in [6.07, 6.45) is 1.84. The van der Waals surface area contributed by atoms with Crippen LogP contribution in [0.4, 0.5) is 0 Å². The molecular formula is C13H10ClN3. The first-order chi connectivity index (χ1) is 8.24. The molecule has 3 aromatic rings. The normalized spacial score (nSPS) is 10.9. The molecule has 0 aliphatic carbocycles. The third-order valence-corrected chi connectivity index (χ3v) is 2.89. The molecule has 0 aliphatic rings. The fourth-order valence-corrected chi connectivity index (χ4v) is 1.98. The van der Waals surface area contributed by atoms with Crippen molar-refractivity contribution in [3.05, 3.63) is 53.2 Å². The van der Waals surface area contributed by atoms with Crippen molar-refractivity contribution in [1.82, 2.24) is 14.6 Å². The van der Waals surface area contributed by atoms with Crippen molar-refractivity contribution >= 4 is 17.2 Å². The van der Waals surface area contributed by atoms with Crippen LogP contribution in [0.1, 0.15) is 5.56 Å².